The summed E-state index contributed by atoms with van der Waals surface area (Å²) in [6.07, 6.45) is 4.69. The second kappa shape index (κ2) is 5.71. The lowest BCUT2D eigenvalue weighted by molar-refractivity contribution is -0.118. The normalized spacial score (nSPS) is 26.8. The molecule has 1 aromatic heterocycles. The van der Waals surface area contributed by atoms with Crippen LogP contribution in [-0.4, -0.2) is 32.9 Å². The topological polar surface area (TPSA) is 54.9 Å². The second-order valence-corrected chi connectivity index (χ2v) is 8.95. The molecule has 1 amide bonds. The minimum Gasteiger partial charge on any atom is -0.353 e. The van der Waals surface area contributed by atoms with Crippen LogP contribution in [0.3, 0.4) is 0 Å². The van der Waals surface area contributed by atoms with E-state index in [2.05, 4.69) is 19.2 Å². The standard InChI is InChI=1S/C16H21N3OS2/c1-8-9(2)22-16-13(8)15(18-14(19-16)10-3-4-10)21-7-12(20)17-11-5-6-11/h8-11H,3-7H2,1-2H3,(H,17,20)/t8-,9-/m1/s1. The third-order valence-electron chi connectivity index (χ3n) is 4.57. The molecule has 0 unspecified atom stereocenters. The van der Waals surface area contributed by atoms with Crippen molar-refractivity contribution in [3.63, 3.8) is 0 Å². The lowest BCUT2D eigenvalue weighted by Gasteiger charge is -2.13. The highest BCUT2D eigenvalue weighted by Crippen LogP contribution is 2.49. The summed E-state index contributed by atoms with van der Waals surface area (Å²) < 4.78 is 0. The zero-order valence-electron chi connectivity index (χ0n) is 13.0. The van der Waals surface area contributed by atoms with E-state index in [-0.39, 0.29) is 5.91 Å². The second-order valence-electron chi connectivity index (χ2n) is 6.62. The van der Waals surface area contributed by atoms with Gasteiger partial charge in [-0.1, -0.05) is 25.6 Å². The molecule has 4 rings (SSSR count). The summed E-state index contributed by atoms with van der Waals surface area (Å²) >= 11 is 3.45. The van der Waals surface area contributed by atoms with Gasteiger partial charge in [-0.3, -0.25) is 4.79 Å². The number of fused-ring (bicyclic) bond motifs is 1. The predicted molar refractivity (Wildman–Crippen MR) is 89.6 cm³/mol. The number of rotatable bonds is 5. The molecule has 0 bridgehead atoms. The van der Waals surface area contributed by atoms with Crippen molar-refractivity contribution in [1.29, 1.82) is 0 Å². The van der Waals surface area contributed by atoms with Crippen LogP contribution in [0.1, 0.15) is 62.8 Å². The van der Waals surface area contributed by atoms with Crippen LogP contribution in [0.25, 0.3) is 0 Å². The number of thioether (sulfide) groups is 2. The number of carbonyl (C=O) groups excluding carboxylic acids is 1. The number of carbonyl (C=O) groups is 1. The van der Waals surface area contributed by atoms with Crippen molar-refractivity contribution in [2.24, 2.45) is 0 Å². The first-order valence-electron chi connectivity index (χ1n) is 8.12. The molecule has 22 heavy (non-hydrogen) atoms. The largest absolute Gasteiger partial charge is 0.353 e. The summed E-state index contributed by atoms with van der Waals surface area (Å²) in [5, 5.41) is 5.79. The van der Waals surface area contributed by atoms with Gasteiger partial charge in [0.15, 0.2) is 0 Å². The molecule has 0 aromatic carbocycles. The highest BCUT2D eigenvalue weighted by molar-refractivity contribution is 8.01. The maximum atomic E-state index is 12.0. The number of nitrogens with one attached hydrogen (secondary N) is 1. The molecule has 2 fully saturated rings. The van der Waals surface area contributed by atoms with E-state index in [1.165, 1.54) is 18.4 Å². The Hall–Kier alpha value is -0.750. The van der Waals surface area contributed by atoms with E-state index in [9.17, 15) is 4.79 Å². The molecule has 0 saturated heterocycles. The zero-order chi connectivity index (χ0) is 15.3. The van der Waals surface area contributed by atoms with Gasteiger partial charge in [0, 0.05) is 22.8 Å². The Balaban J connectivity index is 1.55. The van der Waals surface area contributed by atoms with Gasteiger partial charge in [0.1, 0.15) is 15.9 Å². The SMILES string of the molecule is C[C@H]1Sc2nc(C3CC3)nc(SCC(=O)NC3CC3)c2[C@@H]1C. The van der Waals surface area contributed by atoms with E-state index < -0.39 is 0 Å². The van der Waals surface area contributed by atoms with Crippen LogP contribution in [0, 0.1) is 0 Å². The highest BCUT2D eigenvalue weighted by atomic mass is 32.2. The van der Waals surface area contributed by atoms with E-state index in [0.29, 0.717) is 28.9 Å². The Morgan fingerprint density at radius 3 is 2.73 bits per heavy atom. The van der Waals surface area contributed by atoms with Crippen LogP contribution < -0.4 is 5.32 Å². The third kappa shape index (κ3) is 3.00. The summed E-state index contributed by atoms with van der Waals surface area (Å²) in [6.45, 7) is 4.50. The summed E-state index contributed by atoms with van der Waals surface area (Å²) in [6, 6.07) is 0.431. The maximum absolute atomic E-state index is 12.0. The molecule has 2 heterocycles. The van der Waals surface area contributed by atoms with Crippen LogP contribution in [0.15, 0.2) is 10.1 Å². The van der Waals surface area contributed by atoms with Gasteiger partial charge in [0.2, 0.25) is 5.91 Å². The van der Waals surface area contributed by atoms with Gasteiger partial charge in [-0.05, 0) is 31.6 Å². The fraction of sp³-hybridized carbons (Fsp3) is 0.688. The Morgan fingerprint density at radius 1 is 1.27 bits per heavy atom. The molecule has 118 valence electrons. The predicted octanol–water partition coefficient (Wildman–Crippen LogP) is 3.32. The van der Waals surface area contributed by atoms with Crippen molar-refractivity contribution in [1.82, 2.24) is 15.3 Å². The van der Waals surface area contributed by atoms with Crippen molar-refractivity contribution in [3.05, 3.63) is 11.4 Å². The van der Waals surface area contributed by atoms with Gasteiger partial charge in [-0.2, -0.15) is 0 Å². The number of aromatic nitrogens is 2. The summed E-state index contributed by atoms with van der Waals surface area (Å²) in [5.74, 6) is 2.62. The van der Waals surface area contributed by atoms with Crippen molar-refractivity contribution in [2.45, 2.75) is 72.7 Å². The Bertz CT molecular complexity index is 614. The first-order valence-corrected chi connectivity index (χ1v) is 9.99. The highest BCUT2D eigenvalue weighted by Gasteiger charge is 2.35. The fourth-order valence-electron chi connectivity index (χ4n) is 2.70. The Kier molecular flexibility index (Phi) is 3.85. The van der Waals surface area contributed by atoms with Crippen molar-refractivity contribution < 1.29 is 4.79 Å². The smallest absolute Gasteiger partial charge is 0.230 e. The van der Waals surface area contributed by atoms with E-state index in [0.717, 1.165) is 28.7 Å². The summed E-state index contributed by atoms with van der Waals surface area (Å²) in [7, 11) is 0. The van der Waals surface area contributed by atoms with Gasteiger partial charge in [0.25, 0.3) is 0 Å². The molecule has 0 spiro atoms. The van der Waals surface area contributed by atoms with Crippen molar-refractivity contribution in [2.75, 3.05) is 5.75 Å². The van der Waals surface area contributed by atoms with Crippen molar-refractivity contribution in [3.8, 4) is 0 Å². The molecule has 2 saturated carbocycles. The lowest BCUT2D eigenvalue weighted by Crippen LogP contribution is -2.27. The van der Waals surface area contributed by atoms with E-state index in [4.69, 9.17) is 9.97 Å². The van der Waals surface area contributed by atoms with Crippen LogP contribution in [0.5, 0.6) is 0 Å². The molecule has 0 radical (unpaired) electrons. The van der Waals surface area contributed by atoms with Crippen molar-refractivity contribution >= 4 is 29.4 Å². The molecular weight excluding hydrogens is 314 g/mol. The quantitative estimate of drug-likeness (QED) is 0.661. The molecule has 1 aromatic rings. The van der Waals surface area contributed by atoms with Gasteiger partial charge < -0.3 is 5.32 Å². The molecule has 6 heteroatoms. The van der Waals surface area contributed by atoms with Crippen LogP contribution in [-0.2, 0) is 4.79 Å². The van der Waals surface area contributed by atoms with Crippen LogP contribution in [0.4, 0.5) is 0 Å². The fourth-order valence-corrected chi connectivity index (χ4v) is 4.96. The molecule has 4 nitrogen and oxygen atoms in total. The number of nitrogens with zero attached hydrogens (tertiary/aromatic N) is 2. The average Bonchev–Trinajstić information content (AvgIpc) is 3.37. The average molecular weight is 335 g/mol. The summed E-state index contributed by atoms with van der Waals surface area (Å²) in [5.41, 5.74) is 1.27. The molecule has 1 aliphatic heterocycles. The monoisotopic (exact) mass is 335 g/mol. The molecular formula is C16H21N3OS2. The number of hydrogen-bond acceptors (Lipinski definition) is 5. The Morgan fingerprint density at radius 2 is 2.05 bits per heavy atom. The number of hydrogen-bond donors (Lipinski definition) is 1. The van der Waals surface area contributed by atoms with E-state index in [1.807, 2.05) is 11.8 Å². The molecule has 2 aliphatic carbocycles. The van der Waals surface area contributed by atoms with Gasteiger partial charge >= 0.3 is 0 Å². The minimum atomic E-state index is 0.138. The lowest BCUT2D eigenvalue weighted by atomic mass is 10.0. The van der Waals surface area contributed by atoms with Gasteiger partial charge in [-0.15, -0.1) is 11.8 Å². The zero-order valence-corrected chi connectivity index (χ0v) is 14.6. The Labute approximate surface area is 139 Å². The van der Waals surface area contributed by atoms with E-state index in [1.54, 1.807) is 11.8 Å². The first kappa shape index (κ1) is 14.8. The van der Waals surface area contributed by atoms with Crippen LogP contribution >= 0.6 is 23.5 Å². The molecule has 3 aliphatic rings. The molecule has 1 N–H and O–H groups in total. The maximum Gasteiger partial charge on any atom is 0.230 e. The van der Waals surface area contributed by atoms with E-state index >= 15 is 0 Å². The molecule has 2 atom stereocenters. The number of amides is 1. The van der Waals surface area contributed by atoms with Gasteiger partial charge in [-0.25, -0.2) is 9.97 Å². The third-order valence-corrected chi connectivity index (χ3v) is 6.88. The van der Waals surface area contributed by atoms with Crippen LogP contribution in [0.2, 0.25) is 0 Å². The minimum absolute atomic E-state index is 0.138. The first-order chi connectivity index (χ1) is 10.6. The van der Waals surface area contributed by atoms with Gasteiger partial charge in [0.05, 0.1) is 5.75 Å². The summed E-state index contributed by atoms with van der Waals surface area (Å²) in [4.78, 5) is 21.6.